The number of carbonyl (C=O) groups excluding carboxylic acids is 1. The number of nitrogens with zero attached hydrogens (tertiary/aromatic N) is 1. The van der Waals surface area contributed by atoms with E-state index in [-0.39, 0.29) is 11.6 Å². The molecule has 0 bridgehead atoms. The van der Waals surface area contributed by atoms with E-state index < -0.39 is 26.6 Å². The van der Waals surface area contributed by atoms with E-state index in [1.165, 1.54) is 11.0 Å². The van der Waals surface area contributed by atoms with Crippen molar-refractivity contribution < 1.29 is 22.3 Å². The molecule has 1 aliphatic rings. The van der Waals surface area contributed by atoms with Crippen LogP contribution in [-0.2, 0) is 10.0 Å². The minimum atomic E-state index is -4.02. The van der Waals surface area contributed by atoms with Gasteiger partial charge in [-0.3, -0.25) is 4.79 Å². The van der Waals surface area contributed by atoms with Crippen molar-refractivity contribution in [2.75, 3.05) is 11.9 Å². The number of sulfonamides is 1. The Balaban J connectivity index is 1.52. The van der Waals surface area contributed by atoms with Crippen LogP contribution in [0.5, 0.6) is 11.5 Å². The van der Waals surface area contributed by atoms with Gasteiger partial charge in [0.05, 0.1) is 0 Å². The lowest BCUT2D eigenvalue weighted by Gasteiger charge is -2.18. The van der Waals surface area contributed by atoms with Crippen LogP contribution in [-0.4, -0.2) is 27.4 Å². The lowest BCUT2D eigenvalue weighted by atomic mass is 10.2. The molecule has 1 N–H and O–H groups in total. The zero-order chi connectivity index (χ0) is 22.0. The van der Waals surface area contributed by atoms with E-state index in [1.54, 1.807) is 31.3 Å². The largest absolute Gasteiger partial charge is 0.457 e. The molecular weight excluding hydrogens is 419 g/mol. The minimum Gasteiger partial charge on any atom is -0.457 e. The number of anilines is 1. The lowest BCUT2D eigenvalue weighted by Crippen LogP contribution is -2.29. The van der Waals surface area contributed by atoms with Crippen molar-refractivity contribution >= 4 is 21.6 Å². The van der Waals surface area contributed by atoms with Crippen LogP contribution >= 0.6 is 0 Å². The van der Waals surface area contributed by atoms with Crippen LogP contribution in [0.3, 0.4) is 0 Å². The minimum absolute atomic E-state index is 0.0738. The highest BCUT2D eigenvalue weighted by molar-refractivity contribution is 7.89. The molecule has 1 saturated carbocycles. The van der Waals surface area contributed by atoms with Crippen molar-refractivity contribution in [3.63, 3.8) is 0 Å². The summed E-state index contributed by atoms with van der Waals surface area (Å²) < 4.78 is 47.2. The Hall–Kier alpha value is -3.23. The first-order chi connectivity index (χ1) is 14.8. The van der Waals surface area contributed by atoms with Gasteiger partial charge >= 0.3 is 0 Å². The van der Waals surface area contributed by atoms with E-state index in [0.29, 0.717) is 17.2 Å². The van der Waals surface area contributed by atoms with Crippen LogP contribution < -0.4 is 14.4 Å². The summed E-state index contributed by atoms with van der Waals surface area (Å²) in [6.07, 6.45) is 1.46. The maximum absolute atomic E-state index is 14.2. The average molecular weight is 440 g/mol. The number of amides is 1. The average Bonchev–Trinajstić information content (AvgIpc) is 3.57. The molecule has 6 nitrogen and oxygen atoms in total. The summed E-state index contributed by atoms with van der Waals surface area (Å²) in [5, 5.41) is 0. The van der Waals surface area contributed by atoms with Crippen molar-refractivity contribution in [2.24, 2.45) is 0 Å². The Morgan fingerprint density at radius 1 is 1.00 bits per heavy atom. The van der Waals surface area contributed by atoms with Crippen LogP contribution in [0.4, 0.5) is 10.1 Å². The van der Waals surface area contributed by atoms with Gasteiger partial charge in [0.2, 0.25) is 10.0 Å². The molecule has 3 aromatic rings. The fourth-order valence-electron chi connectivity index (χ4n) is 3.00. The first kappa shape index (κ1) is 21.0. The summed E-state index contributed by atoms with van der Waals surface area (Å²) in [5.74, 6) is -0.0500. The molecule has 8 heteroatoms. The molecule has 1 aliphatic carbocycles. The van der Waals surface area contributed by atoms with Crippen LogP contribution in [0.25, 0.3) is 0 Å². The first-order valence-corrected chi connectivity index (χ1v) is 11.2. The van der Waals surface area contributed by atoms with Crippen molar-refractivity contribution in [2.45, 2.75) is 23.8 Å². The first-order valence-electron chi connectivity index (χ1n) is 9.76. The zero-order valence-electron chi connectivity index (χ0n) is 16.8. The second-order valence-corrected chi connectivity index (χ2v) is 9.00. The predicted octanol–water partition coefficient (Wildman–Crippen LogP) is 4.34. The second kappa shape index (κ2) is 8.49. The Morgan fingerprint density at radius 3 is 2.29 bits per heavy atom. The van der Waals surface area contributed by atoms with E-state index in [2.05, 4.69) is 4.72 Å². The van der Waals surface area contributed by atoms with Crippen LogP contribution in [0.15, 0.2) is 77.7 Å². The van der Waals surface area contributed by atoms with E-state index in [4.69, 9.17) is 4.74 Å². The molecule has 0 atom stereocenters. The highest BCUT2D eigenvalue weighted by Crippen LogP contribution is 2.26. The molecule has 3 aromatic carbocycles. The number of rotatable bonds is 7. The number of nitrogens with one attached hydrogen (secondary N) is 1. The quantitative estimate of drug-likeness (QED) is 0.593. The number of para-hydroxylation sites is 1. The number of carbonyl (C=O) groups is 1. The third-order valence-corrected chi connectivity index (χ3v) is 6.41. The summed E-state index contributed by atoms with van der Waals surface area (Å²) >= 11 is 0. The normalized spacial score (nSPS) is 13.6. The van der Waals surface area contributed by atoms with E-state index in [9.17, 15) is 17.6 Å². The number of ether oxygens (including phenoxy) is 1. The molecule has 0 unspecified atom stereocenters. The molecule has 4 rings (SSSR count). The molecule has 0 aliphatic heterocycles. The van der Waals surface area contributed by atoms with Gasteiger partial charge in [0, 0.05) is 24.3 Å². The topological polar surface area (TPSA) is 75.7 Å². The molecule has 0 aromatic heterocycles. The summed E-state index contributed by atoms with van der Waals surface area (Å²) in [5.41, 5.74) is 0.653. The van der Waals surface area contributed by atoms with Gasteiger partial charge in [-0.25, -0.2) is 17.5 Å². The highest BCUT2D eigenvalue weighted by Gasteiger charge is 2.30. The van der Waals surface area contributed by atoms with Gasteiger partial charge in [0.25, 0.3) is 5.91 Å². The van der Waals surface area contributed by atoms with Crippen molar-refractivity contribution in [1.29, 1.82) is 0 Å². The molecule has 1 fully saturated rings. The third-order valence-electron chi connectivity index (χ3n) is 4.87. The SMILES string of the molecule is CN(C(=O)c1ccc(F)c(S(=O)(=O)NC2CC2)c1)c1ccc(Oc2ccccc2)cc1. The van der Waals surface area contributed by atoms with E-state index in [0.717, 1.165) is 25.0 Å². The molecule has 31 heavy (non-hydrogen) atoms. The van der Waals surface area contributed by atoms with Gasteiger partial charge in [0.1, 0.15) is 22.2 Å². The van der Waals surface area contributed by atoms with Gasteiger partial charge in [-0.2, -0.15) is 0 Å². The van der Waals surface area contributed by atoms with Gasteiger partial charge < -0.3 is 9.64 Å². The Labute approximate surface area is 180 Å². The fourth-order valence-corrected chi connectivity index (χ4v) is 4.41. The van der Waals surface area contributed by atoms with Gasteiger partial charge in [-0.1, -0.05) is 18.2 Å². The number of benzene rings is 3. The monoisotopic (exact) mass is 440 g/mol. The third kappa shape index (κ3) is 4.92. The van der Waals surface area contributed by atoms with Crippen molar-refractivity contribution in [3.05, 3.63) is 84.2 Å². The predicted molar refractivity (Wildman–Crippen MR) is 115 cm³/mol. The van der Waals surface area contributed by atoms with E-state index in [1.807, 2.05) is 30.3 Å². The van der Waals surface area contributed by atoms with Crippen LogP contribution in [0.1, 0.15) is 23.2 Å². The summed E-state index contributed by atoms with van der Waals surface area (Å²) in [6.45, 7) is 0. The summed E-state index contributed by atoms with van der Waals surface area (Å²) in [6, 6.07) is 19.4. The summed E-state index contributed by atoms with van der Waals surface area (Å²) in [7, 11) is -2.46. The fraction of sp³-hybridized carbons (Fsp3) is 0.174. The van der Waals surface area contributed by atoms with Crippen molar-refractivity contribution in [3.8, 4) is 11.5 Å². The van der Waals surface area contributed by atoms with E-state index >= 15 is 0 Å². The van der Waals surface area contributed by atoms with Crippen LogP contribution in [0.2, 0.25) is 0 Å². The number of hydrogen-bond acceptors (Lipinski definition) is 4. The Morgan fingerprint density at radius 2 is 1.65 bits per heavy atom. The molecule has 1 amide bonds. The van der Waals surface area contributed by atoms with Gasteiger partial charge in [-0.15, -0.1) is 0 Å². The van der Waals surface area contributed by atoms with Crippen LogP contribution in [0, 0.1) is 5.82 Å². The second-order valence-electron chi connectivity index (χ2n) is 7.31. The molecule has 0 heterocycles. The van der Waals surface area contributed by atoms with Gasteiger partial charge in [0.15, 0.2) is 0 Å². The highest BCUT2D eigenvalue weighted by atomic mass is 32.2. The number of hydrogen-bond donors (Lipinski definition) is 1. The molecule has 0 radical (unpaired) electrons. The standard InChI is InChI=1S/C23H21FN2O4S/c1-26(18-10-12-20(13-11-18)30-19-5-3-2-4-6-19)23(27)16-7-14-21(24)22(15-16)31(28,29)25-17-8-9-17/h2-7,10-15,17,25H,8-9H2,1H3. The Bertz CT molecular complexity index is 1190. The zero-order valence-corrected chi connectivity index (χ0v) is 17.6. The molecule has 0 saturated heterocycles. The Kier molecular flexibility index (Phi) is 5.75. The number of halogens is 1. The van der Waals surface area contributed by atoms with Gasteiger partial charge in [-0.05, 0) is 67.4 Å². The van der Waals surface area contributed by atoms with Crippen molar-refractivity contribution in [1.82, 2.24) is 4.72 Å². The lowest BCUT2D eigenvalue weighted by molar-refractivity contribution is 0.0992. The molecule has 160 valence electrons. The maximum Gasteiger partial charge on any atom is 0.258 e. The smallest absolute Gasteiger partial charge is 0.258 e. The summed E-state index contributed by atoms with van der Waals surface area (Å²) in [4.78, 5) is 13.7. The maximum atomic E-state index is 14.2. The molecule has 0 spiro atoms. The molecular formula is C23H21FN2O4S.